The third kappa shape index (κ3) is 1.64. The number of halogens is 1. The molecule has 0 aliphatic heterocycles. The normalized spacial score (nSPS) is 11.2. The number of rotatable bonds is 0. The Morgan fingerprint density at radius 1 is 1.06 bits per heavy atom. The monoisotopic (exact) mass is 293 g/mol. The van der Waals surface area contributed by atoms with Crippen molar-refractivity contribution in [3.05, 3.63) is 43.1 Å². The summed E-state index contributed by atoms with van der Waals surface area (Å²) in [4.78, 5) is 12.3. The topological polar surface area (TPSA) is 22.0 Å². The van der Waals surface area contributed by atoms with Crippen LogP contribution in [0.15, 0.2) is 15.5 Å². The molecule has 1 aromatic heterocycles. The molecule has 0 aliphatic carbocycles. The Labute approximate surface area is 109 Å². The second-order valence-electron chi connectivity index (χ2n) is 4.66. The number of fused-ring (bicyclic) bond motifs is 1. The number of hydrogen-bond acceptors (Lipinski definition) is 1. The Morgan fingerprint density at radius 3 is 2.24 bits per heavy atom. The van der Waals surface area contributed by atoms with E-state index in [2.05, 4.69) is 15.9 Å². The lowest BCUT2D eigenvalue weighted by Crippen LogP contribution is -2.13. The number of hydrogen-bond donors (Lipinski definition) is 0. The highest BCUT2D eigenvalue weighted by molar-refractivity contribution is 9.10. The molecule has 2 rings (SSSR count). The molecule has 0 saturated carbocycles. The zero-order valence-electron chi connectivity index (χ0n) is 10.8. The van der Waals surface area contributed by atoms with Crippen molar-refractivity contribution in [2.45, 2.75) is 27.7 Å². The van der Waals surface area contributed by atoms with Crippen LogP contribution in [0.2, 0.25) is 0 Å². The standard InChI is InChI=1S/C14H16BrNO/c1-7-6-16(5)13-10(4)12(15)9(3)8(2)11(13)14(7)17/h6H,1-5H3. The van der Waals surface area contributed by atoms with Crippen molar-refractivity contribution in [2.75, 3.05) is 0 Å². The molecule has 0 fully saturated rings. The van der Waals surface area contributed by atoms with Gasteiger partial charge in [-0.25, -0.2) is 0 Å². The second kappa shape index (κ2) is 3.98. The third-order valence-electron chi connectivity index (χ3n) is 3.51. The van der Waals surface area contributed by atoms with Gasteiger partial charge >= 0.3 is 0 Å². The van der Waals surface area contributed by atoms with Crippen LogP contribution >= 0.6 is 15.9 Å². The predicted octanol–water partition coefficient (Wildman–Crippen LogP) is 3.53. The van der Waals surface area contributed by atoms with E-state index >= 15 is 0 Å². The van der Waals surface area contributed by atoms with Crippen LogP contribution in [-0.4, -0.2) is 4.57 Å². The van der Waals surface area contributed by atoms with Crippen molar-refractivity contribution in [3.8, 4) is 0 Å². The summed E-state index contributed by atoms with van der Waals surface area (Å²) in [6.45, 7) is 7.98. The van der Waals surface area contributed by atoms with Crippen LogP contribution in [0.5, 0.6) is 0 Å². The minimum atomic E-state index is 0.148. The largest absolute Gasteiger partial charge is 0.350 e. The Hall–Kier alpha value is -1.09. The molecule has 1 aromatic carbocycles. The summed E-state index contributed by atoms with van der Waals surface area (Å²) in [6.07, 6.45) is 1.90. The van der Waals surface area contributed by atoms with Gasteiger partial charge in [0.2, 0.25) is 0 Å². The van der Waals surface area contributed by atoms with E-state index in [0.717, 1.165) is 37.6 Å². The van der Waals surface area contributed by atoms with E-state index in [0.29, 0.717) is 0 Å². The quantitative estimate of drug-likeness (QED) is 0.728. The van der Waals surface area contributed by atoms with Gasteiger partial charge in [-0.2, -0.15) is 0 Å². The maximum atomic E-state index is 12.3. The molecule has 0 bridgehead atoms. The van der Waals surface area contributed by atoms with E-state index in [4.69, 9.17) is 0 Å². The molecule has 3 heteroatoms. The lowest BCUT2D eigenvalue weighted by atomic mass is 9.98. The van der Waals surface area contributed by atoms with Crippen LogP contribution in [0.25, 0.3) is 10.9 Å². The molecule has 1 heterocycles. The first kappa shape index (κ1) is 12.4. The van der Waals surface area contributed by atoms with Crippen LogP contribution in [-0.2, 0) is 7.05 Å². The summed E-state index contributed by atoms with van der Waals surface area (Å²) in [6, 6.07) is 0. The van der Waals surface area contributed by atoms with Gasteiger partial charge in [0.1, 0.15) is 0 Å². The Kier molecular flexibility index (Phi) is 2.90. The average Bonchev–Trinajstić information content (AvgIpc) is 2.28. The van der Waals surface area contributed by atoms with Gasteiger partial charge in [-0.05, 0) is 44.4 Å². The number of aryl methyl sites for hydroxylation is 4. The summed E-state index contributed by atoms with van der Waals surface area (Å²) >= 11 is 3.61. The van der Waals surface area contributed by atoms with Crippen LogP contribution in [0.3, 0.4) is 0 Å². The minimum Gasteiger partial charge on any atom is -0.350 e. The fraction of sp³-hybridized carbons (Fsp3) is 0.357. The zero-order valence-corrected chi connectivity index (χ0v) is 12.4. The van der Waals surface area contributed by atoms with Crippen molar-refractivity contribution in [3.63, 3.8) is 0 Å². The van der Waals surface area contributed by atoms with Crippen molar-refractivity contribution in [2.24, 2.45) is 7.05 Å². The molecule has 0 N–H and O–H groups in total. The molecule has 0 unspecified atom stereocenters. The molecular weight excluding hydrogens is 278 g/mol. The van der Waals surface area contributed by atoms with E-state index < -0.39 is 0 Å². The number of pyridine rings is 1. The summed E-state index contributed by atoms with van der Waals surface area (Å²) < 4.78 is 3.14. The molecular formula is C14H16BrNO. The summed E-state index contributed by atoms with van der Waals surface area (Å²) in [5.41, 5.74) is 5.32. The SMILES string of the molecule is Cc1c(Br)c(C)c2c(c1C)c(=O)c(C)cn2C. The zero-order chi connectivity index (χ0) is 12.9. The van der Waals surface area contributed by atoms with Crippen LogP contribution < -0.4 is 5.43 Å². The van der Waals surface area contributed by atoms with Gasteiger partial charge in [0, 0.05) is 28.7 Å². The summed E-state index contributed by atoms with van der Waals surface area (Å²) in [7, 11) is 1.99. The van der Waals surface area contributed by atoms with Crippen molar-refractivity contribution >= 4 is 26.8 Å². The number of aromatic nitrogens is 1. The van der Waals surface area contributed by atoms with Gasteiger partial charge in [-0.1, -0.05) is 15.9 Å². The van der Waals surface area contributed by atoms with Crippen LogP contribution in [0, 0.1) is 27.7 Å². The van der Waals surface area contributed by atoms with Crippen molar-refractivity contribution in [1.82, 2.24) is 4.57 Å². The Balaban J connectivity index is 3.23. The van der Waals surface area contributed by atoms with Gasteiger partial charge in [-0.15, -0.1) is 0 Å². The average molecular weight is 294 g/mol. The molecule has 0 atom stereocenters. The minimum absolute atomic E-state index is 0.148. The van der Waals surface area contributed by atoms with Crippen LogP contribution in [0.4, 0.5) is 0 Å². The Bertz CT molecular complexity index is 683. The van der Waals surface area contributed by atoms with Gasteiger partial charge in [0.25, 0.3) is 0 Å². The summed E-state index contributed by atoms with van der Waals surface area (Å²) in [5.74, 6) is 0. The van der Waals surface area contributed by atoms with E-state index in [1.54, 1.807) is 0 Å². The molecule has 17 heavy (non-hydrogen) atoms. The van der Waals surface area contributed by atoms with E-state index in [-0.39, 0.29) is 5.43 Å². The highest BCUT2D eigenvalue weighted by Crippen LogP contribution is 2.31. The highest BCUT2D eigenvalue weighted by atomic mass is 79.9. The van der Waals surface area contributed by atoms with Crippen molar-refractivity contribution in [1.29, 1.82) is 0 Å². The summed E-state index contributed by atoms with van der Waals surface area (Å²) in [5, 5.41) is 0.853. The first-order valence-electron chi connectivity index (χ1n) is 5.61. The molecule has 0 spiro atoms. The molecule has 2 nitrogen and oxygen atoms in total. The maximum Gasteiger partial charge on any atom is 0.192 e. The van der Waals surface area contributed by atoms with Crippen LogP contribution in [0.1, 0.15) is 22.3 Å². The van der Waals surface area contributed by atoms with Gasteiger partial charge in [0.05, 0.1) is 5.52 Å². The fourth-order valence-electron chi connectivity index (χ4n) is 2.43. The first-order chi connectivity index (χ1) is 7.86. The molecule has 0 amide bonds. The fourth-order valence-corrected chi connectivity index (χ4v) is 2.92. The van der Waals surface area contributed by atoms with E-state index in [1.807, 2.05) is 45.5 Å². The maximum absolute atomic E-state index is 12.3. The van der Waals surface area contributed by atoms with Crippen molar-refractivity contribution < 1.29 is 0 Å². The van der Waals surface area contributed by atoms with Gasteiger partial charge < -0.3 is 4.57 Å². The third-order valence-corrected chi connectivity index (χ3v) is 4.70. The Morgan fingerprint density at radius 2 is 1.65 bits per heavy atom. The molecule has 2 aromatic rings. The predicted molar refractivity (Wildman–Crippen MR) is 75.8 cm³/mol. The van der Waals surface area contributed by atoms with E-state index in [1.165, 1.54) is 0 Å². The molecule has 0 radical (unpaired) electrons. The number of benzene rings is 1. The molecule has 0 aliphatic rings. The molecule has 90 valence electrons. The highest BCUT2D eigenvalue weighted by Gasteiger charge is 2.15. The number of nitrogens with zero attached hydrogens (tertiary/aromatic N) is 1. The lowest BCUT2D eigenvalue weighted by Gasteiger charge is -2.16. The smallest absolute Gasteiger partial charge is 0.192 e. The van der Waals surface area contributed by atoms with Gasteiger partial charge in [-0.3, -0.25) is 4.79 Å². The van der Waals surface area contributed by atoms with E-state index in [9.17, 15) is 4.79 Å². The van der Waals surface area contributed by atoms with Gasteiger partial charge in [0.15, 0.2) is 5.43 Å². The first-order valence-corrected chi connectivity index (χ1v) is 6.40. The lowest BCUT2D eigenvalue weighted by molar-refractivity contribution is 0.931. The second-order valence-corrected chi connectivity index (χ2v) is 5.46. The molecule has 0 saturated heterocycles.